The molecule has 178 valence electrons. The van der Waals surface area contributed by atoms with Crippen molar-refractivity contribution in [1.29, 1.82) is 0 Å². The molecule has 0 unspecified atom stereocenters. The number of rotatable bonds is 10. The largest absolute Gasteiger partial charge is 0.493 e. The van der Waals surface area contributed by atoms with Gasteiger partial charge in [-0.25, -0.2) is 4.79 Å². The van der Waals surface area contributed by atoms with Crippen LogP contribution in [0.1, 0.15) is 56.5 Å². The first-order valence-electron chi connectivity index (χ1n) is 11.1. The number of carbonyl (C=O) groups is 2. The Bertz CT molecular complexity index is 1020. The first-order valence-corrected chi connectivity index (χ1v) is 11.1. The molecule has 2 aromatic rings. The van der Waals surface area contributed by atoms with Gasteiger partial charge in [0.05, 0.1) is 25.2 Å². The van der Waals surface area contributed by atoms with Crippen molar-refractivity contribution in [3.8, 4) is 28.4 Å². The van der Waals surface area contributed by atoms with Gasteiger partial charge in [0, 0.05) is 11.1 Å². The molecule has 0 spiro atoms. The van der Waals surface area contributed by atoms with Crippen LogP contribution in [0.4, 0.5) is 0 Å². The highest BCUT2D eigenvalue weighted by molar-refractivity contribution is 5.94. The van der Waals surface area contributed by atoms with Crippen molar-refractivity contribution in [2.75, 3.05) is 20.8 Å². The minimum absolute atomic E-state index is 0.0784. The van der Waals surface area contributed by atoms with Crippen LogP contribution in [0.15, 0.2) is 30.3 Å². The lowest BCUT2D eigenvalue weighted by molar-refractivity contribution is -0.161. The maximum atomic E-state index is 12.8. The first kappa shape index (κ1) is 24.4. The molecule has 0 aliphatic carbocycles. The Morgan fingerprint density at radius 3 is 2.36 bits per heavy atom. The molecule has 0 saturated carbocycles. The summed E-state index contributed by atoms with van der Waals surface area (Å²) in [7, 11) is 3.09. The van der Waals surface area contributed by atoms with E-state index in [0.29, 0.717) is 22.8 Å². The van der Waals surface area contributed by atoms with Crippen molar-refractivity contribution in [2.45, 2.75) is 53.2 Å². The van der Waals surface area contributed by atoms with Crippen LogP contribution in [0.25, 0.3) is 11.1 Å². The Kier molecular flexibility index (Phi) is 7.51. The zero-order valence-electron chi connectivity index (χ0n) is 20.2. The van der Waals surface area contributed by atoms with Crippen LogP contribution >= 0.6 is 0 Å². The van der Waals surface area contributed by atoms with Gasteiger partial charge in [0.25, 0.3) is 0 Å². The molecule has 0 fully saturated rings. The second-order valence-electron chi connectivity index (χ2n) is 8.64. The van der Waals surface area contributed by atoms with Gasteiger partial charge in [0.15, 0.2) is 11.5 Å². The molecule has 1 heterocycles. The Labute approximate surface area is 194 Å². The van der Waals surface area contributed by atoms with Crippen molar-refractivity contribution in [2.24, 2.45) is 5.41 Å². The van der Waals surface area contributed by atoms with E-state index in [1.54, 1.807) is 33.1 Å². The summed E-state index contributed by atoms with van der Waals surface area (Å²) in [5, 5.41) is 0. The van der Waals surface area contributed by atoms with E-state index >= 15 is 0 Å². The molecule has 0 amide bonds. The smallest absolute Gasteiger partial charge is 0.338 e. The highest BCUT2D eigenvalue weighted by atomic mass is 16.6. The van der Waals surface area contributed by atoms with Crippen molar-refractivity contribution in [1.82, 2.24) is 0 Å². The third-order valence-electron chi connectivity index (χ3n) is 5.81. The quantitative estimate of drug-likeness (QED) is 0.456. The molecule has 0 saturated heterocycles. The maximum Gasteiger partial charge on any atom is 0.338 e. The van der Waals surface area contributed by atoms with E-state index in [-0.39, 0.29) is 31.3 Å². The fraction of sp³-hybridized carbons (Fsp3) is 0.462. The fourth-order valence-corrected chi connectivity index (χ4v) is 3.65. The predicted molar refractivity (Wildman–Crippen MR) is 124 cm³/mol. The average molecular weight is 457 g/mol. The summed E-state index contributed by atoms with van der Waals surface area (Å²) < 4.78 is 28.1. The van der Waals surface area contributed by atoms with Crippen LogP contribution in [0.5, 0.6) is 17.2 Å². The molecule has 3 rings (SSSR count). The average Bonchev–Trinajstić information content (AvgIpc) is 3.20. The summed E-state index contributed by atoms with van der Waals surface area (Å²) >= 11 is 0. The number of benzene rings is 2. The lowest BCUT2D eigenvalue weighted by Crippen LogP contribution is -2.35. The SMILES string of the molecule is CCC(CC)OC(=O)C(C)(C)COc1c(-c2ccc3c(c2)COC3=O)ccc(OC)c1OC. The van der Waals surface area contributed by atoms with Gasteiger partial charge in [-0.2, -0.15) is 0 Å². The lowest BCUT2D eigenvalue weighted by atomic mass is 9.94. The monoisotopic (exact) mass is 456 g/mol. The van der Waals surface area contributed by atoms with E-state index in [9.17, 15) is 9.59 Å². The van der Waals surface area contributed by atoms with Gasteiger partial charge >= 0.3 is 11.9 Å². The predicted octanol–water partition coefficient (Wildman–Crippen LogP) is 5.18. The molecule has 33 heavy (non-hydrogen) atoms. The number of methoxy groups -OCH3 is 2. The molecule has 0 atom stereocenters. The van der Waals surface area contributed by atoms with Gasteiger partial charge in [-0.1, -0.05) is 19.9 Å². The molecule has 7 heteroatoms. The van der Waals surface area contributed by atoms with E-state index in [1.807, 2.05) is 32.0 Å². The Hall–Kier alpha value is -3.22. The second-order valence-corrected chi connectivity index (χ2v) is 8.64. The van der Waals surface area contributed by atoms with Gasteiger partial charge in [-0.15, -0.1) is 0 Å². The van der Waals surface area contributed by atoms with Crippen LogP contribution in [0.2, 0.25) is 0 Å². The van der Waals surface area contributed by atoms with E-state index in [1.165, 1.54) is 7.11 Å². The highest BCUT2D eigenvalue weighted by Crippen LogP contribution is 2.45. The van der Waals surface area contributed by atoms with E-state index in [2.05, 4.69) is 0 Å². The third-order valence-corrected chi connectivity index (χ3v) is 5.81. The van der Waals surface area contributed by atoms with E-state index < -0.39 is 5.41 Å². The molecule has 7 nitrogen and oxygen atoms in total. The van der Waals surface area contributed by atoms with Crippen LogP contribution in [-0.4, -0.2) is 38.9 Å². The molecule has 0 radical (unpaired) electrons. The van der Waals surface area contributed by atoms with Gasteiger partial charge in [0.2, 0.25) is 5.75 Å². The Balaban J connectivity index is 1.95. The minimum Gasteiger partial charge on any atom is -0.493 e. The van der Waals surface area contributed by atoms with E-state index in [0.717, 1.165) is 29.5 Å². The van der Waals surface area contributed by atoms with Gasteiger partial charge in [-0.3, -0.25) is 4.79 Å². The Morgan fingerprint density at radius 1 is 1.03 bits per heavy atom. The highest BCUT2D eigenvalue weighted by Gasteiger charge is 2.33. The molecule has 1 aliphatic heterocycles. The molecule has 0 N–H and O–H groups in total. The zero-order chi connectivity index (χ0) is 24.2. The fourth-order valence-electron chi connectivity index (χ4n) is 3.65. The number of esters is 2. The number of hydrogen-bond acceptors (Lipinski definition) is 7. The number of hydrogen-bond donors (Lipinski definition) is 0. The third kappa shape index (κ3) is 5.07. The topological polar surface area (TPSA) is 80.3 Å². The molecule has 2 aromatic carbocycles. The number of fused-ring (bicyclic) bond motifs is 1. The van der Waals surface area contributed by atoms with Gasteiger partial charge in [0.1, 0.15) is 19.3 Å². The summed E-state index contributed by atoms with van der Waals surface area (Å²) in [4.78, 5) is 24.6. The van der Waals surface area contributed by atoms with Gasteiger partial charge < -0.3 is 23.7 Å². The normalized spacial score (nSPS) is 12.9. The number of carbonyl (C=O) groups excluding carboxylic acids is 2. The van der Waals surface area contributed by atoms with Gasteiger partial charge in [-0.05, 0) is 56.5 Å². The molecule has 0 aromatic heterocycles. The van der Waals surface area contributed by atoms with Crippen molar-refractivity contribution < 1.29 is 33.3 Å². The molecular weight excluding hydrogens is 424 g/mol. The summed E-state index contributed by atoms with van der Waals surface area (Å²) in [6.45, 7) is 7.89. The van der Waals surface area contributed by atoms with Crippen molar-refractivity contribution in [3.05, 3.63) is 41.5 Å². The standard InChI is InChI=1S/C26H32O7/c1-7-18(8-2)33-25(28)26(3,4)15-32-22-19(11-12-21(29-5)23(22)30-6)16-9-10-20-17(13-16)14-31-24(20)27/h9-13,18H,7-8,14-15H2,1-6H3. The van der Waals surface area contributed by atoms with Crippen molar-refractivity contribution >= 4 is 11.9 Å². The number of ether oxygens (including phenoxy) is 5. The molecule has 1 aliphatic rings. The van der Waals surface area contributed by atoms with Crippen LogP contribution < -0.4 is 14.2 Å². The van der Waals surface area contributed by atoms with E-state index in [4.69, 9.17) is 23.7 Å². The Morgan fingerprint density at radius 2 is 1.73 bits per heavy atom. The van der Waals surface area contributed by atoms with Crippen LogP contribution in [0.3, 0.4) is 0 Å². The summed E-state index contributed by atoms with van der Waals surface area (Å²) in [6, 6.07) is 9.15. The minimum atomic E-state index is -0.883. The van der Waals surface area contributed by atoms with Crippen LogP contribution in [0, 0.1) is 5.41 Å². The zero-order valence-corrected chi connectivity index (χ0v) is 20.2. The lowest BCUT2D eigenvalue weighted by Gasteiger charge is -2.27. The second kappa shape index (κ2) is 10.1. The van der Waals surface area contributed by atoms with Crippen molar-refractivity contribution in [3.63, 3.8) is 0 Å². The summed E-state index contributed by atoms with van der Waals surface area (Å²) in [5.41, 5.74) is 2.07. The summed E-state index contributed by atoms with van der Waals surface area (Å²) in [5.74, 6) is 0.747. The number of cyclic esters (lactones) is 1. The molecule has 0 bridgehead atoms. The summed E-state index contributed by atoms with van der Waals surface area (Å²) in [6.07, 6.45) is 1.41. The maximum absolute atomic E-state index is 12.8. The van der Waals surface area contributed by atoms with Crippen LogP contribution in [-0.2, 0) is 20.9 Å². The first-order chi connectivity index (χ1) is 15.7. The molecular formula is C26H32O7.